The molecule has 0 radical (unpaired) electrons. The number of methoxy groups -OCH3 is 1. The van der Waals surface area contributed by atoms with Gasteiger partial charge in [0.25, 0.3) is 5.91 Å². The first kappa shape index (κ1) is 20.2. The lowest BCUT2D eigenvalue weighted by Gasteiger charge is -2.21. The number of carbonyl (C=O) groups is 1. The fourth-order valence-corrected chi connectivity index (χ4v) is 3.75. The highest BCUT2D eigenvalue weighted by Crippen LogP contribution is 2.33. The molecule has 1 aromatic carbocycles. The number of hydrogen-bond acceptors (Lipinski definition) is 4. The summed E-state index contributed by atoms with van der Waals surface area (Å²) in [5.41, 5.74) is 0.124. The lowest BCUT2D eigenvalue weighted by atomic mass is 9.96. The third kappa shape index (κ3) is 4.10. The molecule has 1 saturated carbocycles. The van der Waals surface area contributed by atoms with E-state index in [0.29, 0.717) is 23.7 Å². The summed E-state index contributed by atoms with van der Waals surface area (Å²) in [6, 6.07) is 5.74. The van der Waals surface area contributed by atoms with Crippen molar-refractivity contribution in [3.63, 3.8) is 0 Å². The van der Waals surface area contributed by atoms with Gasteiger partial charge in [0.15, 0.2) is 0 Å². The minimum atomic E-state index is -4.51. The molecule has 0 atom stereocenters. The van der Waals surface area contributed by atoms with Crippen molar-refractivity contribution in [2.45, 2.75) is 44.3 Å². The van der Waals surface area contributed by atoms with E-state index >= 15 is 0 Å². The Hall–Kier alpha value is -3.10. The van der Waals surface area contributed by atoms with E-state index in [4.69, 9.17) is 4.74 Å². The van der Waals surface area contributed by atoms with Crippen molar-refractivity contribution in [2.24, 2.45) is 0 Å². The second kappa shape index (κ2) is 7.97. The molecule has 6 nitrogen and oxygen atoms in total. The quantitative estimate of drug-likeness (QED) is 0.631. The monoisotopic (exact) mass is 418 g/mol. The van der Waals surface area contributed by atoms with Gasteiger partial charge in [-0.05, 0) is 31.0 Å². The van der Waals surface area contributed by atoms with Crippen molar-refractivity contribution in [3.05, 3.63) is 47.9 Å². The standard InChI is InChI=1S/C21H21F3N4O2/c1-30-19-10-17-13(12-28(27-17)15-5-3-2-4-6-15)9-18(19)26-20(29)16-8-7-14(11-25-16)21(22,23)24/h7-12,15H,2-6H2,1H3,(H,26,29). The Morgan fingerprint density at radius 3 is 2.60 bits per heavy atom. The van der Waals surface area contributed by atoms with Crippen molar-refractivity contribution in [1.82, 2.24) is 14.8 Å². The molecule has 158 valence electrons. The lowest BCUT2D eigenvalue weighted by Crippen LogP contribution is -2.15. The number of halogens is 3. The highest BCUT2D eigenvalue weighted by molar-refractivity contribution is 6.05. The number of alkyl halides is 3. The third-order valence-corrected chi connectivity index (χ3v) is 5.36. The van der Waals surface area contributed by atoms with E-state index in [0.717, 1.165) is 35.9 Å². The molecule has 4 rings (SSSR count). The molecular formula is C21H21F3N4O2. The Morgan fingerprint density at radius 2 is 1.97 bits per heavy atom. The van der Waals surface area contributed by atoms with E-state index < -0.39 is 17.6 Å². The summed E-state index contributed by atoms with van der Waals surface area (Å²) in [5.74, 6) is -0.210. The molecule has 0 bridgehead atoms. The third-order valence-electron chi connectivity index (χ3n) is 5.36. The number of hydrogen-bond donors (Lipinski definition) is 1. The Labute approximate surface area is 171 Å². The van der Waals surface area contributed by atoms with Crippen LogP contribution in [0.4, 0.5) is 18.9 Å². The van der Waals surface area contributed by atoms with Crippen molar-refractivity contribution >= 4 is 22.5 Å². The highest BCUT2D eigenvalue weighted by Gasteiger charge is 2.31. The molecule has 0 saturated heterocycles. The molecule has 1 N–H and O–H groups in total. The molecule has 30 heavy (non-hydrogen) atoms. The van der Waals surface area contributed by atoms with E-state index in [9.17, 15) is 18.0 Å². The second-order valence-electron chi connectivity index (χ2n) is 7.40. The molecule has 9 heteroatoms. The van der Waals surface area contributed by atoms with Crippen LogP contribution in [0, 0.1) is 0 Å². The predicted octanol–water partition coefficient (Wildman–Crippen LogP) is 5.22. The Morgan fingerprint density at radius 1 is 1.20 bits per heavy atom. The van der Waals surface area contributed by atoms with Gasteiger partial charge in [0, 0.05) is 23.8 Å². The van der Waals surface area contributed by atoms with Gasteiger partial charge in [-0.1, -0.05) is 19.3 Å². The fourth-order valence-electron chi connectivity index (χ4n) is 3.75. The zero-order valence-electron chi connectivity index (χ0n) is 16.4. The molecule has 3 aromatic rings. The van der Waals surface area contributed by atoms with Gasteiger partial charge in [0.1, 0.15) is 11.4 Å². The molecule has 1 fully saturated rings. The van der Waals surface area contributed by atoms with E-state index in [1.807, 2.05) is 10.9 Å². The topological polar surface area (TPSA) is 69.0 Å². The Bertz CT molecular complexity index is 1050. The van der Waals surface area contributed by atoms with Gasteiger partial charge in [0.05, 0.1) is 29.9 Å². The summed E-state index contributed by atoms with van der Waals surface area (Å²) in [6.07, 6.45) is 3.90. The van der Waals surface area contributed by atoms with Crippen LogP contribution in [0.25, 0.3) is 10.9 Å². The number of fused-ring (bicyclic) bond motifs is 1. The first-order valence-corrected chi connectivity index (χ1v) is 9.76. The summed E-state index contributed by atoms with van der Waals surface area (Å²) in [4.78, 5) is 16.1. The molecular weight excluding hydrogens is 397 g/mol. The van der Waals surface area contributed by atoms with Gasteiger partial charge in [-0.3, -0.25) is 14.5 Å². The maximum absolute atomic E-state index is 12.7. The Kier molecular flexibility index (Phi) is 5.36. The number of amides is 1. The normalized spacial score (nSPS) is 15.3. The van der Waals surface area contributed by atoms with Gasteiger partial charge in [0.2, 0.25) is 0 Å². The van der Waals surface area contributed by atoms with Gasteiger partial charge in [-0.25, -0.2) is 0 Å². The molecule has 0 spiro atoms. The number of carbonyl (C=O) groups excluding carboxylic acids is 1. The van der Waals surface area contributed by atoms with Crippen LogP contribution in [0.1, 0.15) is 54.2 Å². The zero-order chi connectivity index (χ0) is 21.3. The highest BCUT2D eigenvalue weighted by atomic mass is 19.4. The number of ether oxygens (including phenoxy) is 1. The molecule has 0 unspecified atom stereocenters. The van der Waals surface area contributed by atoms with Crippen LogP contribution in [0.3, 0.4) is 0 Å². The Balaban J connectivity index is 1.58. The van der Waals surface area contributed by atoms with Crippen LogP contribution in [-0.2, 0) is 6.18 Å². The molecule has 1 aliphatic rings. The molecule has 2 heterocycles. The van der Waals surface area contributed by atoms with Crippen molar-refractivity contribution in [3.8, 4) is 5.75 Å². The van der Waals surface area contributed by atoms with E-state index in [1.165, 1.54) is 26.4 Å². The minimum Gasteiger partial charge on any atom is -0.494 e. The first-order valence-electron chi connectivity index (χ1n) is 9.76. The van der Waals surface area contributed by atoms with Crippen LogP contribution in [0.15, 0.2) is 36.7 Å². The summed E-state index contributed by atoms with van der Waals surface area (Å²) >= 11 is 0. The van der Waals surface area contributed by atoms with Gasteiger partial charge < -0.3 is 10.1 Å². The van der Waals surface area contributed by atoms with E-state index in [-0.39, 0.29) is 5.69 Å². The summed E-state index contributed by atoms with van der Waals surface area (Å²) < 4.78 is 45.4. The van der Waals surface area contributed by atoms with Crippen LogP contribution in [0.5, 0.6) is 5.75 Å². The summed E-state index contributed by atoms with van der Waals surface area (Å²) in [5, 5.41) is 8.18. The average Bonchev–Trinajstić information content (AvgIpc) is 3.16. The molecule has 0 aliphatic heterocycles. The minimum absolute atomic E-state index is 0.122. The number of benzene rings is 1. The number of pyridine rings is 1. The van der Waals surface area contributed by atoms with E-state index in [2.05, 4.69) is 15.4 Å². The molecule has 1 aliphatic carbocycles. The SMILES string of the molecule is COc1cc2nn(C3CCCCC3)cc2cc1NC(=O)c1ccc(C(F)(F)F)cn1. The maximum atomic E-state index is 12.7. The maximum Gasteiger partial charge on any atom is 0.417 e. The van der Waals surface area contributed by atoms with Gasteiger partial charge in [-0.15, -0.1) is 0 Å². The number of anilines is 1. The van der Waals surface area contributed by atoms with Crippen molar-refractivity contribution < 1.29 is 22.7 Å². The first-order chi connectivity index (χ1) is 14.3. The predicted molar refractivity (Wildman–Crippen MR) is 106 cm³/mol. The van der Waals surface area contributed by atoms with E-state index in [1.54, 1.807) is 12.1 Å². The number of aromatic nitrogens is 3. The molecule has 2 aromatic heterocycles. The molecule has 1 amide bonds. The number of nitrogens with one attached hydrogen (secondary N) is 1. The summed E-state index contributed by atoms with van der Waals surface area (Å²) in [6.45, 7) is 0. The largest absolute Gasteiger partial charge is 0.494 e. The smallest absolute Gasteiger partial charge is 0.417 e. The van der Waals surface area contributed by atoms with Crippen LogP contribution in [-0.4, -0.2) is 27.8 Å². The van der Waals surface area contributed by atoms with Crippen LogP contribution < -0.4 is 10.1 Å². The van der Waals surface area contributed by atoms with Crippen LogP contribution in [0.2, 0.25) is 0 Å². The van der Waals surface area contributed by atoms with Crippen molar-refractivity contribution in [1.29, 1.82) is 0 Å². The lowest BCUT2D eigenvalue weighted by molar-refractivity contribution is -0.137. The fraction of sp³-hybridized carbons (Fsp3) is 0.381. The van der Waals surface area contributed by atoms with Gasteiger partial charge >= 0.3 is 6.18 Å². The second-order valence-corrected chi connectivity index (χ2v) is 7.40. The van der Waals surface area contributed by atoms with Gasteiger partial charge in [-0.2, -0.15) is 18.3 Å². The van der Waals surface area contributed by atoms with Crippen molar-refractivity contribution in [2.75, 3.05) is 12.4 Å². The number of rotatable bonds is 4. The zero-order valence-corrected chi connectivity index (χ0v) is 16.4. The average molecular weight is 418 g/mol. The summed E-state index contributed by atoms with van der Waals surface area (Å²) in [7, 11) is 1.48. The number of nitrogens with zero attached hydrogens (tertiary/aromatic N) is 3. The van der Waals surface area contributed by atoms with Crippen LogP contribution >= 0.6 is 0 Å².